The number of sulfonamides is 1. The van der Waals surface area contributed by atoms with Gasteiger partial charge in [-0.05, 0) is 24.6 Å². The van der Waals surface area contributed by atoms with Crippen LogP contribution < -0.4 is 5.14 Å². The number of hydrogen-bond acceptors (Lipinski definition) is 5. The number of benzene rings is 1. The van der Waals surface area contributed by atoms with E-state index in [0.29, 0.717) is 25.2 Å². The average molecular weight is 320 g/mol. The van der Waals surface area contributed by atoms with Crippen LogP contribution in [0.3, 0.4) is 0 Å². The summed E-state index contributed by atoms with van der Waals surface area (Å²) in [6.45, 7) is 2.39. The molecule has 0 amide bonds. The van der Waals surface area contributed by atoms with Crippen molar-refractivity contribution in [3.05, 3.63) is 28.3 Å². The van der Waals surface area contributed by atoms with Gasteiger partial charge in [0.15, 0.2) is 0 Å². The van der Waals surface area contributed by atoms with Crippen molar-refractivity contribution in [1.29, 1.82) is 0 Å². The minimum absolute atomic E-state index is 0.0523. The van der Waals surface area contributed by atoms with Crippen LogP contribution in [0.15, 0.2) is 17.0 Å². The molecule has 20 heavy (non-hydrogen) atoms. The molecule has 0 aliphatic carbocycles. The van der Waals surface area contributed by atoms with Gasteiger partial charge >= 0.3 is 5.97 Å². The topological polar surface area (TPSA) is 95.7 Å². The second-order valence-electron chi connectivity index (χ2n) is 4.52. The van der Waals surface area contributed by atoms with Crippen molar-refractivity contribution < 1.29 is 22.7 Å². The Morgan fingerprint density at radius 2 is 2.20 bits per heavy atom. The fourth-order valence-corrected chi connectivity index (χ4v) is 3.00. The number of esters is 1. The van der Waals surface area contributed by atoms with E-state index in [0.717, 1.165) is 0 Å². The van der Waals surface area contributed by atoms with E-state index in [1.807, 2.05) is 0 Å². The lowest BCUT2D eigenvalue weighted by atomic mass is 10.1. The molecule has 1 saturated heterocycles. The zero-order chi connectivity index (χ0) is 14.9. The van der Waals surface area contributed by atoms with Gasteiger partial charge in [0.25, 0.3) is 0 Å². The van der Waals surface area contributed by atoms with Crippen molar-refractivity contribution in [2.75, 3.05) is 13.2 Å². The van der Waals surface area contributed by atoms with Crippen LogP contribution in [0.4, 0.5) is 0 Å². The maximum Gasteiger partial charge on any atom is 0.338 e. The molecule has 0 radical (unpaired) electrons. The highest BCUT2D eigenvalue weighted by atomic mass is 35.5. The van der Waals surface area contributed by atoms with Crippen molar-refractivity contribution in [3.63, 3.8) is 0 Å². The van der Waals surface area contributed by atoms with E-state index in [1.54, 1.807) is 0 Å². The molecule has 110 valence electrons. The Labute approximate surface area is 121 Å². The molecule has 0 bridgehead atoms. The van der Waals surface area contributed by atoms with Gasteiger partial charge < -0.3 is 9.47 Å². The number of rotatable bonds is 3. The van der Waals surface area contributed by atoms with Crippen LogP contribution in [0.5, 0.6) is 0 Å². The highest BCUT2D eigenvalue weighted by molar-refractivity contribution is 7.89. The van der Waals surface area contributed by atoms with Crippen LogP contribution >= 0.6 is 11.6 Å². The third kappa shape index (κ3) is 3.29. The van der Waals surface area contributed by atoms with Crippen molar-refractivity contribution in [1.82, 2.24) is 0 Å². The molecule has 1 unspecified atom stereocenters. The summed E-state index contributed by atoms with van der Waals surface area (Å²) in [6.07, 6.45) is 0.299. The van der Waals surface area contributed by atoms with E-state index >= 15 is 0 Å². The van der Waals surface area contributed by atoms with E-state index in [2.05, 4.69) is 0 Å². The molecule has 2 rings (SSSR count). The largest absolute Gasteiger partial charge is 0.456 e. The van der Waals surface area contributed by atoms with Crippen LogP contribution in [0.25, 0.3) is 0 Å². The first-order valence-electron chi connectivity index (χ1n) is 5.90. The van der Waals surface area contributed by atoms with Crippen molar-refractivity contribution >= 4 is 27.6 Å². The van der Waals surface area contributed by atoms with E-state index < -0.39 is 16.0 Å². The van der Waals surface area contributed by atoms with Gasteiger partial charge in [0, 0.05) is 11.4 Å². The predicted octanol–water partition coefficient (Wildman–Crippen LogP) is 1.24. The summed E-state index contributed by atoms with van der Waals surface area (Å²) in [5.74, 6) is -0.646. The SMILES string of the molecule is Cc1c(Cl)cc(C(=O)OC2CCOC2)cc1S(N)(=O)=O. The maximum atomic E-state index is 12.0. The quantitative estimate of drug-likeness (QED) is 0.846. The number of halogens is 1. The zero-order valence-corrected chi connectivity index (χ0v) is 12.3. The monoisotopic (exact) mass is 319 g/mol. The number of nitrogens with two attached hydrogens (primary N) is 1. The molecule has 8 heteroatoms. The molecular formula is C12H14ClNO5S. The van der Waals surface area contributed by atoms with Gasteiger partial charge in [-0.15, -0.1) is 0 Å². The Hall–Kier alpha value is -1.15. The number of ether oxygens (including phenoxy) is 2. The molecule has 1 atom stereocenters. The predicted molar refractivity (Wildman–Crippen MR) is 72.2 cm³/mol. The van der Waals surface area contributed by atoms with Crippen LogP contribution in [0.1, 0.15) is 22.3 Å². The van der Waals surface area contributed by atoms with E-state index in [-0.39, 0.29) is 21.6 Å². The second kappa shape index (κ2) is 5.69. The highest BCUT2D eigenvalue weighted by Crippen LogP contribution is 2.25. The van der Waals surface area contributed by atoms with Gasteiger partial charge in [-0.1, -0.05) is 11.6 Å². The number of carbonyl (C=O) groups is 1. The van der Waals surface area contributed by atoms with E-state index in [4.69, 9.17) is 26.2 Å². The second-order valence-corrected chi connectivity index (χ2v) is 6.45. The summed E-state index contributed by atoms with van der Waals surface area (Å²) in [6, 6.07) is 2.54. The van der Waals surface area contributed by atoms with Gasteiger partial charge in [0.05, 0.1) is 23.7 Å². The van der Waals surface area contributed by atoms with E-state index in [1.165, 1.54) is 19.1 Å². The van der Waals surface area contributed by atoms with Crippen LogP contribution in [-0.2, 0) is 19.5 Å². The van der Waals surface area contributed by atoms with Crippen molar-refractivity contribution in [2.45, 2.75) is 24.3 Å². The summed E-state index contributed by atoms with van der Waals surface area (Å²) in [4.78, 5) is 11.8. The molecule has 0 saturated carbocycles. The number of hydrogen-bond donors (Lipinski definition) is 1. The molecule has 0 aromatic heterocycles. The summed E-state index contributed by atoms with van der Waals surface area (Å²) in [7, 11) is -3.96. The molecular weight excluding hydrogens is 306 g/mol. The van der Waals surface area contributed by atoms with Crippen LogP contribution in [0, 0.1) is 6.92 Å². The van der Waals surface area contributed by atoms with Crippen LogP contribution in [0.2, 0.25) is 5.02 Å². The van der Waals surface area contributed by atoms with Gasteiger partial charge in [0.1, 0.15) is 6.10 Å². The fourth-order valence-electron chi connectivity index (χ4n) is 1.89. The lowest BCUT2D eigenvalue weighted by Crippen LogP contribution is -2.19. The van der Waals surface area contributed by atoms with Crippen molar-refractivity contribution in [3.8, 4) is 0 Å². The molecule has 6 nitrogen and oxygen atoms in total. The van der Waals surface area contributed by atoms with Gasteiger partial charge in [-0.25, -0.2) is 18.4 Å². The Bertz CT molecular complexity index is 637. The summed E-state index contributed by atoms with van der Waals surface area (Å²) in [5, 5.41) is 5.25. The first-order valence-corrected chi connectivity index (χ1v) is 7.83. The van der Waals surface area contributed by atoms with Gasteiger partial charge in [0.2, 0.25) is 10.0 Å². The highest BCUT2D eigenvalue weighted by Gasteiger charge is 2.23. The molecule has 1 aliphatic heterocycles. The van der Waals surface area contributed by atoms with Gasteiger partial charge in [-0.3, -0.25) is 0 Å². The lowest BCUT2D eigenvalue weighted by molar-refractivity contribution is 0.0270. The van der Waals surface area contributed by atoms with Gasteiger partial charge in [-0.2, -0.15) is 0 Å². The Kier molecular flexibility index (Phi) is 4.33. The molecule has 1 fully saturated rings. The number of primary sulfonamides is 1. The Morgan fingerprint density at radius 3 is 2.75 bits per heavy atom. The first kappa shape index (κ1) is 15.2. The Balaban J connectivity index is 2.32. The molecule has 0 spiro atoms. The summed E-state index contributed by atoms with van der Waals surface area (Å²) < 4.78 is 33.2. The molecule has 2 N–H and O–H groups in total. The zero-order valence-electron chi connectivity index (χ0n) is 10.8. The van der Waals surface area contributed by atoms with E-state index in [9.17, 15) is 13.2 Å². The average Bonchev–Trinajstić information content (AvgIpc) is 2.83. The maximum absolute atomic E-state index is 12.0. The normalized spacial score (nSPS) is 19.1. The standard InChI is InChI=1S/C12H14ClNO5S/c1-7-10(13)4-8(5-11(7)20(14,16)17)12(15)19-9-2-3-18-6-9/h4-5,9H,2-3,6H2,1H3,(H2,14,16,17). The smallest absolute Gasteiger partial charge is 0.338 e. The van der Waals surface area contributed by atoms with Crippen LogP contribution in [-0.4, -0.2) is 33.7 Å². The first-order chi connectivity index (χ1) is 9.29. The summed E-state index contributed by atoms with van der Waals surface area (Å²) >= 11 is 5.93. The lowest BCUT2D eigenvalue weighted by Gasteiger charge is -2.12. The summed E-state index contributed by atoms with van der Waals surface area (Å²) in [5.41, 5.74) is 0.353. The molecule has 1 aromatic rings. The third-order valence-corrected chi connectivity index (χ3v) is 4.43. The molecule has 1 aromatic carbocycles. The molecule has 1 aliphatic rings. The Morgan fingerprint density at radius 1 is 1.50 bits per heavy atom. The van der Waals surface area contributed by atoms with Crippen molar-refractivity contribution in [2.24, 2.45) is 5.14 Å². The molecule has 1 heterocycles. The number of carbonyl (C=O) groups excluding carboxylic acids is 1. The fraction of sp³-hybridized carbons (Fsp3) is 0.417. The third-order valence-electron chi connectivity index (χ3n) is 3.00. The minimum atomic E-state index is -3.96. The minimum Gasteiger partial charge on any atom is -0.456 e.